The fourth-order valence-corrected chi connectivity index (χ4v) is 2.67. The predicted octanol–water partition coefficient (Wildman–Crippen LogP) is 4.22. The monoisotopic (exact) mass is 359 g/mol. The summed E-state index contributed by atoms with van der Waals surface area (Å²) in [6.07, 6.45) is 3.38. The second kappa shape index (κ2) is 7.29. The second-order valence-electron chi connectivity index (χ2n) is 6.10. The van der Waals surface area contributed by atoms with Crippen molar-refractivity contribution in [3.05, 3.63) is 72.6 Å². The van der Waals surface area contributed by atoms with Crippen LogP contribution >= 0.6 is 0 Å². The first kappa shape index (κ1) is 16.8. The number of pyridine rings is 1. The summed E-state index contributed by atoms with van der Waals surface area (Å²) >= 11 is 0. The molecule has 0 fully saturated rings. The first-order valence-corrected chi connectivity index (χ1v) is 8.48. The molecule has 2 heterocycles. The van der Waals surface area contributed by atoms with Crippen LogP contribution in [0.5, 0.6) is 5.75 Å². The molecule has 4 rings (SSSR count). The maximum Gasteiger partial charge on any atom is 0.262 e. The van der Waals surface area contributed by atoms with Crippen LogP contribution in [-0.4, -0.2) is 22.5 Å². The third-order valence-electron chi connectivity index (χ3n) is 3.94. The lowest BCUT2D eigenvalue weighted by Crippen LogP contribution is -2.20. The van der Waals surface area contributed by atoms with Crippen LogP contribution in [0.1, 0.15) is 5.56 Å². The number of carbonyl (C=O) groups is 1. The fourth-order valence-electron chi connectivity index (χ4n) is 2.67. The fraction of sp³-hybridized carbons (Fsp3) is 0.0952. The largest absolute Gasteiger partial charge is 0.484 e. The molecule has 1 amide bonds. The predicted molar refractivity (Wildman–Crippen MR) is 103 cm³/mol. The Kier molecular flexibility index (Phi) is 4.53. The lowest BCUT2D eigenvalue weighted by molar-refractivity contribution is -0.118. The van der Waals surface area contributed by atoms with Gasteiger partial charge >= 0.3 is 0 Å². The summed E-state index contributed by atoms with van der Waals surface area (Å²) in [7, 11) is 0. The molecule has 0 spiro atoms. The quantitative estimate of drug-likeness (QED) is 0.577. The number of rotatable bonds is 5. The van der Waals surface area contributed by atoms with Gasteiger partial charge in [0.2, 0.25) is 5.89 Å². The molecule has 0 radical (unpaired) electrons. The van der Waals surface area contributed by atoms with Gasteiger partial charge in [0.1, 0.15) is 11.3 Å². The van der Waals surface area contributed by atoms with Crippen molar-refractivity contribution in [2.24, 2.45) is 0 Å². The Hall–Kier alpha value is -3.67. The molecule has 0 aliphatic heterocycles. The lowest BCUT2D eigenvalue weighted by atomic mass is 10.2. The van der Waals surface area contributed by atoms with E-state index in [1.165, 1.54) is 0 Å². The topological polar surface area (TPSA) is 77.2 Å². The van der Waals surface area contributed by atoms with E-state index >= 15 is 0 Å². The molecule has 0 bridgehead atoms. The van der Waals surface area contributed by atoms with Gasteiger partial charge in [-0.1, -0.05) is 12.1 Å². The Bertz CT molecular complexity index is 1090. The molecule has 0 aliphatic rings. The molecule has 6 nitrogen and oxygen atoms in total. The van der Waals surface area contributed by atoms with E-state index < -0.39 is 0 Å². The average molecular weight is 359 g/mol. The van der Waals surface area contributed by atoms with Crippen LogP contribution in [0.25, 0.3) is 22.6 Å². The summed E-state index contributed by atoms with van der Waals surface area (Å²) in [5.41, 5.74) is 3.81. The Balaban J connectivity index is 1.45. The summed E-state index contributed by atoms with van der Waals surface area (Å²) in [6.45, 7) is 1.90. The van der Waals surface area contributed by atoms with Crippen LogP contribution in [0.15, 0.2) is 71.4 Å². The van der Waals surface area contributed by atoms with E-state index in [0.29, 0.717) is 28.4 Å². The van der Waals surface area contributed by atoms with Crippen molar-refractivity contribution in [1.82, 2.24) is 9.97 Å². The standard InChI is InChI=1S/C21H17N3O3/c1-14-4-2-6-17(10-14)26-13-20(25)23-16-7-8-19-18(11-16)24-21(27-19)15-5-3-9-22-12-15/h2-12H,13H2,1H3,(H,23,25). The van der Waals surface area contributed by atoms with Gasteiger partial charge in [-0.15, -0.1) is 0 Å². The Morgan fingerprint density at radius 1 is 1.15 bits per heavy atom. The molecule has 6 heteroatoms. The summed E-state index contributed by atoms with van der Waals surface area (Å²) in [6, 6.07) is 16.6. The van der Waals surface area contributed by atoms with Crippen LogP contribution in [0.3, 0.4) is 0 Å². The minimum Gasteiger partial charge on any atom is -0.484 e. The zero-order valence-electron chi connectivity index (χ0n) is 14.7. The van der Waals surface area contributed by atoms with Gasteiger partial charge in [0.15, 0.2) is 12.2 Å². The molecule has 2 aromatic carbocycles. The van der Waals surface area contributed by atoms with Gasteiger partial charge in [0.25, 0.3) is 5.91 Å². The molecule has 4 aromatic rings. The second-order valence-corrected chi connectivity index (χ2v) is 6.10. The highest BCUT2D eigenvalue weighted by molar-refractivity contribution is 5.94. The Labute approximate surface area is 155 Å². The number of nitrogens with one attached hydrogen (secondary N) is 1. The van der Waals surface area contributed by atoms with Gasteiger partial charge in [-0.3, -0.25) is 9.78 Å². The molecule has 0 aliphatic carbocycles. The molecule has 0 saturated carbocycles. The number of nitrogens with zero attached hydrogens (tertiary/aromatic N) is 2. The van der Waals surface area contributed by atoms with Crippen molar-refractivity contribution in [1.29, 1.82) is 0 Å². The number of hydrogen-bond acceptors (Lipinski definition) is 5. The van der Waals surface area contributed by atoms with E-state index in [1.807, 2.05) is 43.3 Å². The SMILES string of the molecule is Cc1cccc(OCC(=O)Nc2ccc3oc(-c4cccnc4)nc3c2)c1. The number of amides is 1. The highest BCUT2D eigenvalue weighted by atomic mass is 16.5. The molecular weight excluding hydrogens is 342 g/mol. The van der Waals surface area contributed by atoms with Gasteiger partial charge in [-0.2, -0.15) is 0 Å². The molecule has 134 valence electrons. The van der Waals surface area contributed by atoms with E-state index in [2.05, 4.69) is 15.3 Å². The third-order valence-corrected chi connectivity index (χ3v) is 3.94. The van der Waals surface area contributed by atoms with E-state index in [0.717, 1.165) is 11.1 Å². The maximum atomic E-state index is 12.1. The maximum absolute atomic E-state index is 12.1. The molecule has 2 aromatic heterocycles. The first-order chi connectivity index (χ1) is 13.2. The number of hydrogen-bond donors (Lipinski definition) is 1. The van der Waals surface area contributed by atoms with Gasteiger partial charge in [-0.25, -0.2) is 4.98 Å². The van der Waals surface area contributed by atoms with Crippen LogP contribution in [0, 0.1) is 6.92 Å². The molecule has 1 N–H and O–H groups in total. The Morgan fingerprint density at radius 2 is 2.07 bits per heavy atom. The molecule has 0 saturated heterocycles. The van der Waals surface area contributed by atoms with Gasteiger partial charge in [0, 0.05) is 18.1 Å². The third kappa shape index (κ3) is 3.95. The van der Waals surface area contributed by atoms with Gasteiger partial charge in [0.05, 0.1) is 5.56 Å². The Morgan fingerprint density at radius 3 is 2.89 bits per heavy atom. The summed E-state index contributed by atoms with van der Waals surface area (Å²) in [4.78, 5) is 20.7. The van der Waals surface area contributed by atoms with Crippen molar-refractivity contribution in [2.45, 2.75) is 6.92 Å². The van der Waals surface area contributed by atoms with Gasteiger partial charge in [-0.05, 0) is 55.0 Å². The minimum absolute atomic E-state index is 0.0682. The number of oxazole rings is 1. The highest BCUT2D eigenvalue weighted by Gasteiger charge is 2.10. The highest BCUT2D eigenvalue weighted by Crippen LogP contribution is 2.25. The van der Waals surface area contributed by atoms with Crippen molar-refractivity contribution < 1.29 is 13.9 Å². The number of fused-ring (bicyclic) bond motifs is 1. The van der Waals surface area contributed by atoms with Crippen molar-refractivity contribution >= 4 is 22.7 Å². The van der Waals surface area contributed by atoms with Crippen molar-refractivity contribution in [2.75, 3.05) is 11.9 Å². The zero-order chi connectivity index (χ0) is 18.6. The number of ether oxygens (including phenoxy) is 1. The van der Waals surface area contributed by atoms with Crippen LogP contribution in [-0.2, 0) is 4.79 Å². The number of anilines is 1. The summed E-state index contributed by atoms with van der Waals surface area (Å²) in [5.74, 6) is 0.911. The molecule has 27 heavy (non-hydrogen) atoms. The van der Waals surface area contributed by atoms with E-state index in [9.17, 15) is 4.79 Å². The van der Waals surface area contributed by atoms with Crippen molar-refractivity contribution in [3.63, 3.8) is 0 Å². The number of aryl methyl sites for hydroxylation is 1. The van der Waals surface area contributed by atoms with Crippen LogP contribution < -0.4 is 10.1 Å². The average Bonchev–Trinajstić information content (AvgIpc) is 3.11. The minimum atomic E-state index is -0.244. The number of carbonyl (C=O) groups excluding carboxylic acids is 1. The first-order valence-electron chi connectivity index (χ1n) is 8.48. The smallest absolute Gasteiger partial charge is 0.262 e. The summed E-state index contributed by atoms with van der Waals surface area (Å²) < 4.78 is 11.3. The molecule has 0 unspecified atom stereocenters. The zero-order valence-corrected chi connectivity index (χ0v) is 14.7. The van der Waals surface area contributed by atoms with Gasteiger partial charge < -0.3 is 14.5 Å². The van der Waals surface area contributed by atoms with Crippen LogP contribution in [0.4, 0.5) is 5.69 Å². The molecule has 0 atom stereocenters. The summed E-state index contributed by atoms with van der Waals surface area (Å²) in [5, 5.41) is 2.81. The van der Waals surface area contributed by atoms with E-state index in [1.54, 1.807) is 30.6 Å². The normalized spacial score (nSPS) is 10.7. The van der Waals surface area contributed by atoms with Crippen LogP contribution in [0.2, 0.25) is 0 Å². The van der Waals surface area contributed by atoms with E-state index in [4.69, 9.17) is 9.15 Å². The molecular formula is C21H17N3O3. The lowest BCUT2D eigenvalue weighted by Gasteiger charge is -2.08. The van der Waals surface area contributed by atoms with E-state index in [-0.39, 0.29) is 12.5 Å². The number of aromatic nitrogens is 2. The number of benzene rings is 2. The van der Waals surface area contributed by atoms with Crippen molar-refractivity contribution in [3.8, 4) is 17.2 Å².